The van der Waals surface area contributed by atoms with Gasteiger partial charge < -0.3 is 9.30 Å². The van der Waals surface area contributed by atoms with Crippen molar-refractivity contribution in [2.45, 2.75) is 34.2 Å². The summed E-state index contributed by atoms with van der Waals surface area (Å²) in [7, 11) is 0. The van der Waals surface area contributed by atoms with Crippen LogP contribution in [0.2, 0.25) is 0 Å². The number of hydrogen-bond acceptors (Lipinski definition) is 1. The third kappa shape index (κ3) is 2.34. The zero-order chi connectivity index (χ0) is 9.84. The van der Waals surface area contributed by atoms with Crippen molar-refractivity contribution in [3.05, 3.63) is 23.0 Å². The lowest BCUT2D eigenvalue weighted by atomic mass is 10.2. The average molecular weight is 181 g/mol. The number of ether oxygens (including phenoxy) is 1. The molecule has 0 saturated heterocycles. The first-order valence-electron chi connectivity index (χ1n) is 4.87. The Kier molecular flexibility index (Phi) is 3.55. The maximum Gasteiger partial charge on any atom is 0.0645 e. The van der Waals surface area contributed by atoms with Gasteiger partial charge in [-0.2, -0.15) is 0 Å². The van der Waals surface area contributed by atoms with E-state index in [4.69, 9.17) is 4.74 Å². The van der Waals surface area contributed by atoms with Crippen LogP contribution >= 0.6 is 0 Å². The SMILES string of the molecule is CCOCCn1cc(C)c(C)c1C. The van der Waals surface area contributed by atoms with Crippen LogP contribution in [0.5, 0.6) is 0 Å². The van der Waals surface area contributed by atoms with Gasteiger partial charge in [-0.25, -0.2) is 0 Å². The van der Waals surface area contributed by atoms with Crippen molar-refractivity contribution >= 4 is 0 Å². The third-order valence-corrected chi connectivity index (χ3v) is 2.60. The maximum atomic E-state index is 5.32. The molecule has 0 aliphatic rings. The van der Waals surface area contributed by atoms with Crippen LogP contribution in [0.25, 0.3) is 0 Å². The van der Waals surface area contributed by atoms with Crippen molar-refractivity contribution in [3.8, 4) is 0 Å². The Balaban J connectivity index is 2.61. The second kappa shape index (κ2) is 4.47. The fourth-order valence-corrected chi connectivity index (χ4v) is 1.47. The van der Waals surface area contributed by atoms with E-state index in [0.717, 1.165) is 19.8 Å². The number of rotatable bonds is 4. The lowest BCUT2D eigenvalue weighted by molar-refractivity contribution is 0.138. The highest BCUT2D eigenvalue weighted by molar-refractivity contribution is 5.28. The monoisotopic (exact) mass is 181 g/mol. The molecule has 0 radical (unpaired) electrons. The number of aromatic nitrogens is 1. The number of aryl methyl sites for hydroxylation is 1. The van der Waals surface area contributed by atoms with Crippen LogP contribution in [0.15, 0.2) is 6.20 Å². The molecule has 0 spiro atoms. The van der Waals surface area contributed by atoms with Gasteiger partial charge in [-0.1, -0.05) is 0 Å². The summed E-state index contributed by atoms with van der Waals surface area (Å²) in [5, 5.41) is 0. The summed E-state index contributed by atoms with van der Waals surface area (Å²) >= 11 is 0. The van der Waals surface area contributed by atoms with Crippen molar-refractivity contribution in [1.82, 2.24) is 4.57 Å². The van der Waals surface area contributed by atoms with E-state index < -0.39 is 0 Å². The number of hydrogen-bond donors (Lipinski definition) is 0. The van der Waals surface area contributed by atoms with E-state index in [-0.39, 0.29) is 0 Å². The second-order valence-corrected chi connectivity index (χ2v) is 3.41. The zero-order valence-corrected chi connectivity index (χ0v) is 9.05. The first kappa shape index (κ1) is 10.3. The molecule has 1 aromatic heterocycles. The van der Waals surface area contributed by atoms with Gasteiger partial charge in [-0.15, -0.1) is 0 Å². The quantitative estimate of drug-likeness (QED) is 0.651. The topological polar surface area (TPSA) is 14.2 Å². The summed E-state index contributed by atoms with van der Waals surface area (Å²) in [5.74, 6) is 0. The number of nitrogens with zero attached hydrogens (tertiary/aromatic N) is 1. The minimum Gasteiger partial charge on any atom is -0.380 e. The normalized spacial score (nSPS) is 10.8. The van der Waals surface area contributed by atoms with Gasteiger partial charge in [0.15, 0.2) is 0 Å². The summed E-state index contributed by atoms with van der Waals surface area (Å²) in [4.78, 5) is 0. The maximum absolute atomic E-state index is 5.32. The van der Waals surface area contributed by atoms with Crippen molar-refractivity contribution in [2.24, 2.45) is 0 Å². The third-order valence-electron chi connectivity index (χ3n) is 2.60. The average Bonchev–Trinajstić information content (AvgIpc) is 2.34. The summed E-state index contributed by atoms with van der Waals surface area (Å²) in [5.41, 5.74) is 4.13. The standard InChI is InChI=1S/C11H19NO/c1-5-13-7-6-12-8-9(2)10(3)11(12)4/h8H,5-7H2,1-4H3. The molecule has 1 heterocycles. The lowest BCUT2D eigenvalue weighted by Crippen LogP contribution is -2.06. The molecular formula is C11H19NO. The Morgan fingerprint density at radius 3 is 2.46 bits per heavy atom. The predicted octanol–water partition coefficient (Wildman–Crippen LogP) is 2.45. The van der Waals surface area contributed by atoms with Crippen LogP contribution in [0.1, 0.15) is 23.7 Å². The minimum atomic E-state index is 0.804. The Hall–Kier alpha value is -0.760. The van der Waals surface area contributed by atoms with E-state index in [2.05, 4.69) is 31.5 Å². The molecule has 0 aliphatic heterocycles. The first-order chi connectivity index (χ1) is 6.16. The molecule has 0 aromatic carbocycles. The Morgan fingerprint density at radius 1 is 1.31 bits per heavy atom. The first-order valence-corrected chi connectivity index (χ1v) is 4.87. The molecular weight excluding hydrogens is 162 g/mol. The molecule has 0 aliphatic carbocycles. The zero-order valence-electron chi connectivity index (χ0n) is 9.05. The van der Waals surface area contributed by atoms with Gasteiger partial charge in [0.05, 0.1) is 6.61 Å². The Bertz CT molecular complexity index is 276. The van der Waals surface area contributed by atoms with Crippen LogP contribution in [0.4, 0.5) is 0 Å². The molecule has 1 rings (SSSR count). The fraction of sp³-hybridized carbons (Fsp3) is 0.636. The molecule has 0 N–H and O–H groups in total. The molecule has 0 saturated carbocycles. The van der Waals surface area contributed by atoms with Crippen molar-refractivity contribution in [2.75, 3.05) is 13.2 Å². The Labute approximate surface area is 80.5 Å². The molecule has 2 nitrogen and oxygen atoms in total. The molecule has 0 atom stereocenters. The summed E-state index contributed by atoms with van der Waals surface area (Å²) < 4.78 is 7.58. The molecule has 0 amide bonds. The van der Waals surface area contributed by atoms with Gasteiger partial charge in [-0.05, 0) is 38.8 Å². The van der Waals surface area contributed by atoms with Gasteiger partial charge in [0.1, 0.15) is 0 Å². The van der Waals surface area contributed by atoms with Crippen molar-refractivity contribution < 1.29 is 4.74 Å². The smallest absolute Gasteiger partial charge is 0.0645 e. The molecule has 13 heavy (non-hydrogen) atoms. The molecule has 0 fully saturated rings. The minimum absolute atomic E-state index is 0.804. The van der Waals surface area contributed by atoms with E-state index in [1.54, 1.807) is 0 Å². The summed E-state index contributed by atoms with van der Waals surface area (Å²) in [6, 6.07) is 0. The highest BCUT2D eigenvalue weighted by Crippen LogP contribution is 2.13. The van der Waals surface area contributed by atoms with Crippen LogP contribution in [0, 0.1) is 20.8 Å². The van der Waals surface area contributed by atoms with Gasteiger partial charge in [0.2, 0.25) is 0 Å². The molecule has 74 valence electrons. The van der Waals surface area contributed by atoms with Crippen LogP contribution in [-0.2, 0) is 11.3 Å². The highest BCUT2D eigenvalue weighted by atomic mass is 16.5. The van der Waals surface area contributed by atoms with Crippen LogP contribution in [-0.4, -0.2) is 17.8 Å². The van der Waals surface area contributed by atoms with Gasteiger partial charge in [0.25, 0.3) is 0 Å². The van der Waals surface area contributed by atoms with E-state index in [1.807, 2.05) is 6.92 Å². The predicted molar refractivity (Wildman–Crippen MR) is 55.1 cm³/mol. The van der Waals surface area contributed by atoms with Crippen molar-refractivity contribution in [3.63, 3.8) is 0 Å². The van der Waals surface area contributed by atoms with Crippen molar-refractivity contribution in [1.29, 1.82) is 0 Å². The largest absolute Gasteiger partial charge is 0.380 e. The summed E-state index contributed by atoms with van der Waals surface area (Å²) in [6.07, 6.45) is 2.20. The van der Waals surface area contributed by atoms with Gasteiger partial charge in [0, 0.05) is 25.0 Å². The molecule has 0 unspecified atom stereocenters. The van der Waals surface area contributed by atoms with E-state index >= 15 is 0 Å². The van der Waals surface area contributed by atoms with Gasteiger partial charge >= 0.3 is 0 Å². The van der Waals surface area contributed by atoms with Crippen LogP contribution < -0.4 is 0 Å². The van der Waals surface area contributed by atoms with Gasteiger partial charge in [-0.3, -0.25) is 0 Å². The van der Waals surface area contributed by atoms with E-state index in [1.165, 1.54) is 16.8 Å². The van der Waals surface area contributed by atoms with E-state index in [9.17, 15) is 0 Å². The second-order valence-electron chi connectivity index (χ2n) is 3.41. The van der Waals surface area contributed by atoms with Crippen LogP contribution in [0.3, 0.4) is 0 Å². The summed E-state index contributed by atoms with van der Waals surface area (Å²) in [6.45, 7) is 11.1. The van der Waals surface area contributed by atoms with E-state index in [0.29, 0.717) is 0 Å². The lowest BCUT2D eigenvalue weighted by Gasteiger charge is -2.05. The molecule has 0 bridgehead atoms. The fourth-order valence-electron chi connectivity index (χ4n) is 1.47. The Morgan fingerprint density at radius 2 is 2.00 bits per heavy atom. The molecule has 1 aromatic rings. The molecule has 2 heteroatoms. The highest BCUT2D eigenvalue weighted by Gasteiger charge is 2.03.